The van der Waals surface area contributed by atoms with Crippen molar-refractivity contribution in [1.29, 1.82) is 0 Å². The van der Waals surface area contributed by atoms with Gasteiger partial charge in [-0.05, 0) is 53.2 Å². The van der Waals surface area contributed by atoms with E-state index in [4.69, 9.17) is 16.3 Å². The van der Waals surface area contributed by atoms with E-state index in [1.165, 1.54) is 0 Å². The summed E-state index contributed by atoms with van der Waals surface area (Å²) in [7, 11) is 0. The number of halogens is 1. The first-order valence-electron chi connectivity index (χ1n) is 10.5. The van der Waals surface area contributed by atoms with Crippen LogP contribution in [-0.4, -0.2) is 27.5 Å². The highest BCUT2D eigenvalue weighted by molar-refractivity contribution is 8.15. The van der Waals surface area contributed by atoms with Gasteiger partial charge in [0.15, 0.2) is 0 Å². The van der Waals surface area contributed by atoms with Gasteiger partial charge >= 0.3 is 0 Å². The number of thioether (sulfide) groups is 1. The molecule has 1 saturated heterocycles. The molecule has 1 N–H and O–H groups in total. The number of nitrogens with one attached hydrogen (secondary N) is 1. The number of hydrogen-bond acceptors (Lipinski definition) is 5. The highest BCUT2D eigenvalue weighted by atomic mass is 35.5. The molecule has 8 heteroatoms. The second-order valence-corrected chi connectivity index (χ2v) is 9.51. The van der Waals surface area contributed by atoms with Gasteiger partial charge in [0.25, 0.3) is 5.24 Å². The number of benzene rings is 3. The molecule has 0 saturated carbocycles. The normalized spacial score (nSPS) is 18.0. The van der Waals surface area contributed by atoms with Gasteiger partial charge in [-0.25, -0.2) is 0 Å². The highest BCUT2D eigenvalue weighted by Crippen LogP contribution is 2.44. The summed E-state index contributed by atoms with van der Waals surface area (Å²) in [6.45, 7) is 1.06. The van der Waals surface area contributed by atoms with Crippen LogP contribution in [0.15, 0.2) is 79.0 Å². The molecule has 1 aliphatic heterocycles. The van der Waals surface area contributed by atoms with Gasteiger partial charge in [-0.2, -0.15) is 5.10 Å². The van der Waals surface area contributed by atoms with Crippen molar-refractivity contribution in [2.45, 2.75) is 17.7 Å². The molecule has 1 aromatic heterocycles. The lowest BCUT2D eigenvalue weighted by Crippen LogP contribution is -2.36. The fourth-order valence-corrected chi connectivity index (χ4v) is 5.23. The van der Waals surface area contributed by atoms with Gasteiger partial charge in [-0.1, -0.05) is 54.1 Å². The summed E-state index contributed by atoms with van der Waals surface area (Å²) in [4.78, 5) is 24.7. The molecule has 166 valence electrons. The van der Waals surface area contributed by atoms with Crippen molar-refractivity contribution >= 4 is 45.4 Å². The summed E-state index contributed by atoms with van der Waals surface area (Å²) in [6.07, 6.45) is 2.35. The maximum Gasteiger partial charge on any atom is 0.287 e. The number of hydrogen-bond donors (Lipinski definition) is 1. The lowest BCUT2D eigenvalue weighted by atomic mass is 9.90. The number of fused-ring (bicyclic) bond motifs is 1. The van der Waals surface area contributed by atoms with Gasteiger partial charge in [-0.3, -0.25) is 19.6 Å². The third kappa shape index (κ3) is 4.47. The molecule has 1 unspecified atom stereocenters. The first kappa shape index (κ1) is 21.6. The minimum Gasteiger partial charge on any atom is -0.492 e. The number of ether oxygens (including phenoxy) is 1. The third-order valence-electron chi connectivity index (χ3n) is 5.57. The maximum absolute atomic E-state index is 12.7. The monoisotopic (exact) mass is 477 g/mol. The smallest absolute Gasteiger partial charge is 0.287 e. The van der Waals surface area contributed by atoms with Gasteiger partial charge in [0.2, 0.25) is 5.91 Å². The summed E-state index contributed by atoms with van der Waals surface area (Å²) in [5, 5.41) is 8.31. The van der Waals surface area contributed by atoms with Gasteiger partial charge in [0.05, 0.1) is 12.1 Å². The summed E-state index contributed by atoms with van der Waals surface area (Å²) in [5.74, 6) is 0.448. The number of amides is 2. The van der Waals surface area contributed by atoms with Gasteiger partial charge in [0, 0.05) is 23.0 Å². The van der Waals surface area contributed by atoms with Gasteiger partial charge in [-0.15, -0.1) is 0 Å². The van der Waals surface area contributed by atoms with Gasteiger partial charge in [0.1, 0.15) is 17.1 Å². The topological polar surface area (TPSA) is 73.2 Å². The summed E-state index contributed by atoms with van der Waals surface area (Å²) < 4.78 is 6.75. The number of aromatic nitrogens is 2. The van der Waals surface area contributed by atoms with E-state index in [1.807, 2.05) is 83.7 Å². The zero-order valence-electron chi connectivity index (χ0n) is 17.5. The van der Waals surface area contributed by atoms with E-state index >= 15 is 0 Å². The molecule has 2 heterocycles. The van der Waals surface area contributed by atoms with Crippen LogP contribution in [0.4, 0.5) is 4.79 Å². The minimum absolute atomic E-state index is 0.281. The number of carbonyl (C=O) groups excluding carboxylic acids is 2. The number of imide groups is 1. The second kappa shape index (κ2) is 8.92. The van der Waals surface area contributed by atoms with E-state index in [9.17, 15) is 9.59 Å². The molecule has 5 rings (SSSR count). The average molecular weight is 478 g/mol. The van der Waals surface area contributed by atoms with Crippen molar-refractivity contribution in [3.05, 3.63) is 95.1 Å². The average Bonchev–Trinajstić information content (AvgIpc) is 3.34. The second-order valence-electron chi connectivity index (χ2n) is 7.80. The van der Waals surface area contributed by atoms with Crippen molar-refractivity contribution in [1.82, 2.24) is 15.1 Å². The fourth-order valence-electron chi connectivity index (χ4n) is 3.95. The Labute approximate surface area is 199 Å². The largest absolute Gasteiger partial charge is 0.492 e. The van der Waals surface area contributed by atoms with Crippen LogP contribution in [0.1, 0.15) is 11.1 Å². The zero-order valence-corrected chi connectivity index (χ0v) is 19.1. The first-order chi connectivity index (χ1) is 16.0. The molecule has 0 aliphatic carbocycles. The van der Waals surface area contributed by atoms with E-state index in [1.54, 1.807) is 0 Å². The molecule has 3 aromatic carbocycles. The van der Waals surface area contributed by atoms with Gasteiger partial charge < -0.3 is 4.74 Å². The SMILES string of the molecule is O=C1NC(=O)C(Cc2ccc(OCCn3cc4cc(Cl)ccc4n3)cc2)(c2ccccc2)S1. The Hall–Kier alpha value is -3.29. The van der Waals surface area contributed by atoms with E-state index < -0.39 is 4.75 Å². The van der Waals surface area contributed by atoms with Crippen LogP contribution in [0.3, 0.4) is 0 Å². The summed E-state index contributed by atoms with van der Waals surface area (Å²) in [5.41, 5.74) is 2.65. The Morgan fingerprint density at radius 3 is 2.55 bits per heavy atom. The molecule has 2 amide bonds. The summed E-state index contributed by atoms with van der Waals surface area (Å²) >= 11 is 7.07. The standard InChI is InChI=1S/C25H20ClN3O3S/c26-20-8-11-22-18(14-20)16-29(28-22)12-13-32-21-9-6-17(7-10-21)15-25(19-4-2-1-3-5-19)23(30)27-24(31)33-25/h1-11,14,16H,12-13,15H2,(H,27,30,31). The quantitative estimate of drug-likeness (QED) is 0.396. The Kier molecular flexibility index (Phi) is 5.83. The van der Waals surface area contributed by atoms with Crippen LogP contribution in [0, 0.1) is 0 Å². The number of carbonyl (C=O) groups is 2. The van der Waals surface area contributed by atoms with Crippen molar-refractivity contribution in [3.8, 4) is 5.75 Å². The predicted molar refractivity (Wildman–Crippen MR) is 130 cm³/mol. The third-order valence-corrected chi connectivity index (χ3v) is 7.01. The van der Waals surface area contributed by atoms with Crippen LogP contribution >= 0.6 is 23.4 Å². The zero-order chi connectivity index (χ0) is 22.8. The van der Waals surface area contributed by atoms with Crippen LogP contribution in [0.5, 0.6) is 5.75 Å². The van der Waals surface area contributed by atoms with E-state index in [0.29, 0.717) is 24.6 Å². The maximum atomic E-state index is 12.7. The Balaban J connectivity index is 1.25. The van der Waals surface area contributed by atoms with E-state index in [0.717, 1.165) is 39.5 Å². The van der Waals surface area contributed by atoms with Crippen LogP contribution in [-0.2, 0) is 22.5 Å². The number of nitrogens with zero attached hydrogens (tertiary/aromatic N) is 2. The van der Waals surface area contributed by atoms with E-state index in [-0.39, 0.29) is 11.1 Å². The van der Waals surface area contributed by atoms with Crippen molar-refractivity contribution in [3.63, 3.8) is 0 Å². The van der Waals surface area contributed by atoms with Crippen molar-refractivity contribution < 1.29 is 14.3 Å². The molecule has 1 atom stereocenters. The molecule has 1 fully saturated rings. The fraction of sp³-hybridized carbons (Fsp3) is 0.160. The van der Waals surface area contributed by atoms with Crippen molar-refractivity contribution in [2.24, 2.45) is 0 Å². The lowest BCUT2D eigenvalue weighted by molar-refractivity contribution is -0.121. The minimum atomic E-state index is -0.967. The highest BCUT2D eigenvalue weighted by Gasteiger charge is 2.49. The molecular weight excluding hydrogens is 458 g/mol. The molecule has 4 aromatic rings. The Morgan fingerprint density at radius 1 is 1.03 bits per heavy atom. The molecule has 0 radical (unpaired) electrons. The van der Waals surface area contributed by atoms with Crippen LogP contribution in [0.2, 0.25) is 5.02 Å². The van der Waals surface area contributed by atoms with E-state index in [2.05, 4.69) is 10.4 Å². The molecule has 6 nitrogen and oxygen atoms in total. The first-order valence-corrected chi connectivity index (χ1v) is 11.7. The molecule has 0 spiro atoms. The number of rotatable bonds is 7. The molecule has 1 aliphatic rings. The Bertz CT molecular complexity index is 1320. The summed E-state index contributed by atoms with van der Waals surface area (Å²) in [6, 6.07) is 22.6. The van der Waals surface area contributed by atoms with Crippen LogP contribution < -0.4 is 10.1 Å². The predicted octanol–water partition coefficient (Wildman–Crippen LogP) is 5.19. The molecule has 0 bridgehead atoms. The molecule has 33 heavy (non-hydrogen) atoms. The Morgan fingerprint density at radius 2 is 1.82 bits per heavy atom. The van der Waals surface area contributed by atoms with Crippen LogP contribution in [0.25, 0.3) is 10.9 Å². The lowest BCUT2D eigenvalue weighted by Gasteiger charge is -2.25. The molecular formula is C25H20ClN3O3S. The van der Waals surface area contributed by atoms with Crippen molar-refractivity contribution in [2.75, 3.05) is 6.61 Å².